The quantitative estimate of drug-likeness (QED) is 0.693. The van der Waals surface area contributed by atoms with E-state index in [0.29, 0.717) is 5.39 Å². The number of amides is 1. The number of hydrogen-bond donors (Lipinski definition) is 0. The molecule has 0 radical (unpaired) electrons. The van der Waals surface area contributed by atoms with Crippen LogP contribution in [0.2, 0.25) is 0 Å². The first-order valence-electron chi connectivity index (χ1n) is 9.47. The summed E-state index contributed by atoms with van der Waals surface area (Å²) in [4.78, 5) is 33.9. The van der Waals surface area contributed by atoms with Crippen molar-refractivity contribution in [3.8, 4) is 10.4 Å². The third kappa shape index (κ3) is 3.54. The van der Waals surface area contributed by atoms with Gasteiger partial charge in [0, 0.05) is 18.0 Å². The van der Waals surface area contributed by atoms with Crippen LogP contribution in [-0.4, -0.2) is 33.4 Å². The van der Waals surface area contributed by atoms with Crippen molar-refractivity contribution in [3.05, 3.63) is 52.6 Å². The molecule has 0 aliphatic carbocycles. The summed E-state index contributed by atoms with van der Waals surface area (Å²) >= 11 is 1.53. The predicted octanol–water partition coefficient (Wildman–Crippen LogP) is 3.84. The molecular formula is C21H23N3O2S. The van der Waals surface area contributed by atoms with Gasteiger partial charge in [-0.1, -0.05) is 43.2 Å². The fourth-order valence-electron chi connectivity index (χ4n) is 3.70. The van der Waals surface area contributed by atoms with Crippen LogP contribution in [0.25, 0.3) is 20.7 Å². The minimum atomic E-state index is -0.126. The molecule has 6 heteroatoms. The van der Waals surface area contributed by atoms with E-state index < -0.39 is 0 Å². The van der Waals surface area contributed by atoms with Gasteiger partial charge in [0.15, 0.2) is 0 Å². The van der Waals surface area contributed by atoms with Gasteiger partial charge in [0.1, 0.15) is 11.4 Å². The average Bonchev–Trinajstić information content (AvgIpc) is 2.86. The SMILES string of the molecule is Cc1c(-c2ccccc2)sc2ncn(CC(=O)N3CCCCCC3)c(=O)c12. The van der Waals surface area contributed by atoms with Gasteiger partial charge in [0.25, 0.3) is 5.56 Å². The summed E-state index contributed by atoms with van der Waals surface area (Å²) in [6, 6.07) is 10.0. The number of thiophene rings is 1. The minimum absolute atomic E-state index is 0.0105. The second-order valence-electron chi connectivity index (χ2n) is 7.07. The van der Waals surface area contributed by atoms with Gasteiger partial charge in [-0.2, -0.15) is 0 Å². The summed E-state index contributed by atoms with van der Waals surface area (Å²) < 4.78 is 1.46. The zero-order valence-electron chi connectivity index (χ0n) is 15.5. The second kappa shape index (κ2) is 7.64. The number of likely N-dealkylation sites (tertiary alicyclic amines) is 1. The highest BCUT2D eigenvalue weighted by Crippen LogP contribution is 2.35. The Morgan fingerprint density at radius 3 is 2.52 bits per heavy atom. The molecule has 1 amide bonds. The lowest BCUT2D eigenvalue weighted by atomic mass is 10.1. The Kier molecular flexibility index (Phi) is 5.07. The van der Waals surface area contributed by atoms with Gasteiger partial charge in [-0.3, -0.25) is 14.2 Å². The molecule has 4 rings (SSSR count). The summed E-state index contributed by atoms with van der Waals surface area (Å²) in [5.74, 6) is 0.0105. The highest BCUT2D eigenvalue weighted by atomic mass is 32.1. The van der Waals surface area contributed by atoms with Crippen molar-refractivity contribution in [1.29, 1.82) is 0 Å². The van der Waals surface area contributed by atoms with E-state index in [-0.39, 0.29) is 18.0 Å². The van der Waals surface area contributed by atoms with E-state index in [1.807, 2.05) is 42.2 Å². The molecule has 0 bridgehead atoms. The first-order chi connectivity index (χ1) is 13.1. The normalized spacial score (nSPS) is 15.1. The molecule has 1 fully saturated rings. The van der Waals surface area contributed by atoms with Gasteiger partial charge in [-0.15, -0.1) is 11.3 Å². The molecule has 3 aromatic rings. The number of fused-ring (bicyclic) bond motifs is 1. The number of carbonyl (C=O) groups excluding carboxylic acids is 1. The van der Waals surface area contributed by atoms with E-state index in [2.05, 4.69) is 4.98 Å². The maximum absolute atomic E-state index is 13.0. The largest absolute Gasteiger partial charge is 0.341 e. The molecule has 5 nitrogen and oxygen atoms in total. The molecule has 140 valence electrons. The second-order valence-corrected chi connectivity index (χ2v) is 8.07. The van der Waals surface area contributed by atoms with E-state index in [9.17, 15) is 9.59 Å². The maximum Gasteiger partial charge on any atom is 0.262 e. The van der Waals surface area contributed by atoms with Crippen molar-refractivity contribution in [2.24, 2.45) is 0 Å². The van der Waals surface area contributed by atoms with Crippen LogP contribution >= 0.6 is 11.3 Å². The number of carbonyl (C=O) groups is 1. The van der Waals surface area contributed by atoms with Gasteiger partial charge in [0.2, 0.25) is 5.91 Å². The minimum Gasteiger partial charge on any atom is -0.341 e. The Morgan fingerprint density at radius 2 is 1.81 bits per heavy atom. The average molecular weight is 382 g/mol. The van der Waals surface area contributed by atoms with Crippen molar-refractivity contribution < 1.29 is 4.79 Å². The van der Waals surface area contributed by atoms with Gasteiger partial charge < -0.3 is 4.90 Å². The first kappa shape index (κ1) is 17.9. The van der Waals surface area contributed by atoms with Crippen LogP contribution in [0.4, 0.5) is 0 Å². The van der Waals surface area contributed by atoms with Crippen LogP contribution in [0.3, 0.4) is 0 Å². The predicted molar refractivity (Wildman–Crippen MR) is 109 cm³/mol. The molecule has 3 heterocycles. The van der Waals surface area contributed by atoms with E-state index in [1.165, 1.54) is 35.1 Å². The van der Waals surface area contributed by atoms with Crippen molar-refractivity contribution in [3.63, 3.8) is 0 Å². The molecule has 0 spiro atoms. The van der Waals surface area contributed by atoms with Crippen LogP contribution in [0.5, 0.6) is 0 Å². The lowest BCUT2D eigenvalue weighted by Crippen LogP contribution is -2.37. The van der Waals surface area contributed by atoms with Gasteiger partial charge in [-0.05, 0) is 30.9 Å². The molecule has 0 unspecified atom stereocenters. The number of aryl methyl sites for hydroxylation is 1. The molecule has 0 atom stereocenters. The standard InChI is InChI=1S/C21H23N3O2S/c1-15-18-20(27-19(15)16-9-5-4-6-10-16)22-14-24(21(18)26)13-17(25)23-11-7-2-3-8-12-23/h4-6,9-10,14H,2-3,7-8,11-13H2,1H3. The number of rotatable bonds is 3. The van der Waals surface area contributed by atoms with Gasteiger partial charge in [0.05, 0.1) is 11.7 Å². The lowest BCUT2D eigenvalue weighted by molar-refractivity contribution is -0.131. The Morgan fingerprint density at radius 1 is 1.11 bits per heavy atom. The fourth-order valence-corrected chi connectivity index (χ4v) is 4.85. The highest BCUT2D eigenvalue weighted by molar-refractivity contribution is 7.22. The van der Waals surface area contributed by atoms with E-state index in [4.69, 9.17) is 0 Å². The lowest BCUT2D eigenvalue weighted by Gasteiger charge is -2.20. The Labute approximate surface area is 162 Å². The van der Waals surface area contributed by atoms with Crippen molar-refractivity contribution in [1.82, 2.24) is 14.5 Å². The van der Waals surface area contributed by atoms with Crippen molar-refractivity contribution in [2.45, 2.75) is 39.2 Å². The number of nitrogens with zero attached hydrogens (tertiary/aromatic N) is 3. The van der Waals surface area contributed by atoms with E-state index in [1.54, 1.807) is 0 Å². The summed E-state index contributed by atoms with van der Waals surface area (Å²) in [6.07, 6.45) is 5.95. The maximum atomic E-state index is 13.0. The van der Waals surface area contributed by atoms with E-state index in [0.717, 1.165) is 46.8 Å². The molecule has 0 N–H and O–H groups in total. The van der Waals surface area contributed by atoms with Gasteiger partial charge in [-0.25, -0.2) is 4.98 Å². The number of hydrogen-bond acceptors (Lipinski definition) is 4. The zero-order valence-corrected chi connectivity index (χ0v) is 16.3. The van der Waals surface area contributed by atoms with Crippen LogP contribution in [0, 0.1) is 6.92 Å². The summed E-state index contributed by atoms with van der Waals surface area (Å²) in [5, 5.41) is 0.630. The Bertz CT molecular complexity index is 1020. The molecule has 1 aliphatic heterocycles. The van der Waals surface area contributed by atoms with Crippen LogP contribution in [0.15, 0.2) is 41.5 Å². The molecule has 27 heavy (non-hydrogen) atoms. The molecule has 1 saturated heterocycles. The zero-order chi connectivity index (χ0) is 18.8. The Balaban J connectivity index is 1.67. The molecule has 1 aromatic carbocycles. The van der Waals surface area contributed by atoms with Crippen LogP contribution in [0.1, 0.15) is 31.2 Å². The summed E-state index contributed by atoms with van der Waals surface area (Å²) in [7, 11) is 0. The summed E-state index contributed by atoms with van der Waals surface area (Å²) in [5.41, 5.74) is 1.90. The summed E-state index contributed by atoms with van der Waals surface area (Å²) in [6.45, 7) is 3.61. The third-order valence-corrected chi connectivity index (χ3v) is 6.47. The first-order valence-corrected chi connectivity index (χ1v) is 10.3. The molecule has 1 aliphatic rings. The van der Waals surface area contributed by atoms with Crippen molar-refractivity contribution >= 4 is 27.5 Å². The third-order valence-electron chi connectivity index (χ3n) is 5.22. The smallest absolute Gasteiger partial charge is 0.262 e. The molecular weight excluding hydrogens is 358 g/mol. The highest BCUT2D eigenvalue weighted by Gasteiger charge is 2.19. The van der Waals surface area contributed by atoms with Crippen LogP contribution < -0.4 is 5.56 Å². The molecule has 2 aromatic heterocycles. The topological polar surface area (TPSA) is 55.2 Å². The fraction of sp³-hybridized carbons (Fsp3) is 0.381. The van der Waals surface area contributed by atoms with Crippen molar-refractivity contribution in [2.75, 3.05) is 13.1 Å². The van der Waals surface area contributed by atoms with Crippen LogP contribution in [-0.2, 0) is 11.3 Å². The number of benzene rings is 1. The monoisotopic (exact) mass is 381 g/mol. The van der Waals surface area contributed by atoms with Gasteiger partial charge >= 0.3 is 0 Å². The number of aromatic nitrogens is 2. The molecule has 0 saturated carbocycles. The Hall–Kier alpha value is -2.47. The van der Waals surface area contributed by atoms with E-state index >= 15 is 0 Å².